The molecule has 0 saturated carbocycles. The Morgan fingerprint density at radius 2 is 2.00 bits per heavy atom. The Balaban J connectivity index is 1.44. The Bertz CT molecular complexity index is 1110. The number of benzene rings is 1. The van der Waals surface area contributed by atoms with Crippen LogP contribution in [-0.4, -0.2) is 35.9 Å². The van der Waals surface area contributed by atoms with Crippen LogP contribution < -0.4 is 10.2 Å². The van der Waals surface area contributed by atoms with E-state index in [-0.39, 0.29) is 18.8 Å². The summed E-state index contributed by atoms with van der Waals surface area (Å²) in [6.07, 6.45) is 0.117. The fraction of sp³-hybridized carbons (Fsp3) is 0.273. The van der Waals surface area contributed by atoms with Crippen LogP contribution in [0.25, 0.3) is 0 Å². The number of hydrogen-bond acceptors (Lipinski definition) is 8. The Morgan fingerprint density at radius 1 is 1.19 bits per heavy atom. The third-order valence-corrected chi connectivity index (χ3v) is 7.01. The van der Waals surface area contributed by atoms with Gasteiger partial charge in [0.05, 0.1) is 24.4 Å². The maximum atomic E-state index is 12.9. The van der Waals surface area contributed by atoms with E-state index < -0.39 is 12.0 Å². The van der Waals surface area contributed by atoms with Crippen molar-refractivity contribution >= 4 is 46.1 Å². The molecular formula is C22H21N3O4S2. The van der Waals surface area contributed by atoms with Gasteiger partial charge in [0.25, 0.3) is 5.91 Å². The number of carbonyl (C=O) groups excluding carboxylic acids is 3. The minimum Gasteiger partial charge on any atom is -0.450 e. The third kappa shape index (κ3) is 4.83. The van der Waals surface area contributed by atoms with Crippen molar-refractivity contribution in [3.63, 3.8) is 0 Å². The number of nitrogens with one attached hydrogen (secondary N) is 1. The Hall–Kier alpha value is -3.04. The molecule has 7 nitrogen and oxygen atoms in total. The van der Waals surface area contributed by atoms with Gasteiger partial charge in [0.1, 0.15) is 0 Å². The Labute approximate surface area is 187 Å². The zero-order chi connectivity index (χ0) is 21.8. The van der Waals surface area contributed by atoms with E-state index >= 15 is 0 Å². The fourth-order valence-electron chi connectivity index (χ4n) is 3.41. The summed E-state index contributed by atoms with van der Waals surface area (Å²) in [5, 5.41) is 4.37. The molecule has 0 atom stereocenters. The lowest BCUT2D eigenvalue weighted by Gasteiger charge is -2.28. The average Bonchev–Trinajstić information content (AvgIpc) is 3.40. The summed E-state index contributed by atoms with van der Waals surface area (Å²) >= 11 is 2.75. The molecule has 1 N–H and O–H groups in total. The van der Waals surface area contributed by atoms with Crippen LogP contribution in [0.15, 0.2) is 41.8 Å². The molecule has 3 heterocycles. The quantitative estimate of drug-likeness (QED) is 0.564. The number of thiazole rings is 1. The first-order valence-electron chi connectivity index (χ1n) is 9.91. The number of nitrogens with zero attached hydrogens (tertiary/aromatic N) is 2. The number of imide groups is 1. The van der Waals surface area contributed by atoms with E-state index in [2.05, 4.69) is 27.3 Å². The van der Waals surface area contributed by atoms with Crippen LogP contribution in [0.4, 0.5) is 10.5 Å². The molecule has 1 aromatic carbocycles. The van der Waals surface area contributed by atoms with E-state index in [1.54, 1.807) is 18.4 Å². The first-order chi connectivity index (χ1) is 15.0. The highest BCUT2D eigenvalue weighted by Gasteiger charge is 2.25. The number of aromatic nitrogens is 1. The van der Waals surface area contributed by atoms with E-state index in [0.717, 1.165) is 29.2 Å². The maximum absolute atomic E-state index is 12.9. The molecule has 0 radical (unpaired) electrons. The second kappa shape index (κ2) is 9.40. The van der Waals surface area contributed by atoms with Crippen molar-refractivity contribution in [3.8, 4) is 0 Å². The fourth-order valence-corrected chi connectivity index (χ4v) is 5.27. The van der Waals surface area contributed by atoms with Crippen LogP contribution in [-0.2, 0) is 24.1 Å². The van der Waals surface area contributed by atoms with E-state index in [1.165, 1.54) is 22.7 Å². The number of Topliss-reactive ketones (excluding diaryl/α,β-unsaturated/α-hetero) is 1. The highest BCUT2D eigenvalue weighted by Crippen LogP contribution is 2.29. The number of para-hydroxylation sites is 1. The lowest BCUT2D eigenvalue weighted by molar-refractivity contribution is 0.0925. The van der Waals surface area contributed by atoms with E-state index in [4.69, 9.17) is 4.74 Å². The molecule has 0 fully saturated rings. The molecule has 9 heteroatoms. The molecule has 2 aromatic heterocycles. The Kier molecular flexibility index (Phi) is 6.43. The molecular weight excluding hydrogens is 434 g/mol. The SMILES string of the molecule is CCOC(=O)NC(=O)c1ccsc1CC(=O)c1nc2c(s1)CCN(c1ccccc1)C2. The smallest absolute Gasteiger partial charge is 0.414 e. The minimum atomic E-state index is -0.799. The summed E-state index contributed by atoms with van der Waals surface area (Å²) in [5.74, 6) is -0.697. The lowest BCUT2D eigenvalue weighted by Crippen LogP contribution is -2.31. The van der Waals surface area contributed by atoms with Crippen molar-refractivity contribution in [1.29, 1.82) is 0 Å². The molecule has 31 heavy (non-hydrogen) atoms. The molecule has 1 aliphatic rings. The molecule has 2 amide bonds. The highest BCUT2D eigenvalue weighted by molar-refractivity contribution is 7.14. The van der Waals surface area contributed by atoms with Crippen LogP contribution in [0.2, 0.25) is 0 Å². The van der Waals surface area contributed by atoms with Gasteiger partial charge < -0.3 is 9.64 Å². The summed E-state index contributed by atoms with van der Waals surface area (Å²) in [4.78, 5) is 45.4. The van der Waals surface area contributed by atoms with Crippen molar-refractivity contribution in [1.82, 2.24) is 10.3 Å². The second-order valence-corrected chi connectivity index (χ2v) is 9.01. The van der Waals surface area contributed by atoms with Crippen molar-refractivity contribution in [2.24, 2.45) is 0 Å². The zero-order valence-corrected chi connectivity index (χ0v) is 18.6. The number of ketones is 1. The number of fused-ring (bicyclic) bond motifs is 1. The van der Waals surface area contributed by atoms with Crippen LogP contribution in [0, 0.1) is 0 Å². The van der Waals surface area contributed by atoms with Gasteiger partial charge in [-0.3, -0.25) is 14.9 Å². The number of thiophene rings is 1. The van der Waals surface area contributed by atoms with Crippen molar-refractivity contribution in [2.75, 3.05) is 18.1 Å². The van der Waals surface area contributed by atoms with Gasteiger partial charge in [0.2, 0.25) is 0 Å². The number of ether oxygens (including phenoxy) is 1. The van der Waals surface area contributed by atoms with Crippen LogP contribution in [0.3, 0.4) is 0 Å². The first kappa shape index (κ1) is 21.2. The summed E-state index contributed by atoms with van der Waals surface area (Å²) in [6, 6.07) is 11.8. The van der Waals surface area contributed by atoms with Crippen molar-refractivity contribution in [2.45, 2.75) is 26.3 Å². The van der Waals surface area contributed by atoms with E-state index in [0.29, 0.717) is 22.0 Å². The summed E-state index contributed by atoms with van der Waals surface area (Å²) < 4.78 is 4.74. The van der Waals surface area contributed by atoms with Gasteiger partial charge in [-0.05, 0) is 30.5 Å². The van der Waals surface area contributed by atoms with Gasteiger partial charge in [-0.25, -0.2) is 9.78 Å². The molecule has 0 saturated heterocycles. The van der Waals surface area contributed by atoms with Gasteiger partial charge in [-0.15, -0.1) is 22.7 Å². The zero-order valence-electron chi connectivity index (χ0n) is 16.9. The number of alkyl carbamates (subject to hydrolysis) is 1. The number of hydrogen-bond donors (Lipinski definition) is 1. The number of rotatable bonds is 6. The summed E-state index contributed by atoms with van der Waals surface area (Å²) in [5.41, 5.74) is 2.39. The lowest BCUT2D eigenvalue weighted by atomic mass is 10.1. The van der Waals surface area contributed by atoms with Gasteiger partial charge in [0, 0.05) is 34.8 Å². The van der Waals surface area contributed by atoms with Gasteiger partial charge in [0.15, 0.2) is 10.8 Å². The second-order valence-electron chi connectivity index (χ2n) is 6.93. The standard InChI is InChI=1S/C22H21N3O4S2/c1-2-29-22(28)24-20(27)15-9-11-30-19(15)12-17(26)21-23-16-13-25(10-8-18(16)31-21)14-6-4-3-5-7-14/h3-7,9,11H,2,8,10,12-13H2,1H3,(H,24,27,28). The maximum Gasteiger partial charge on any atom is 0.414 e. The molecule has 3 aromatic rings. The monoisotopic (exact) mass is 455 g/mol. The summed E-state index contributed by atoms with van der Waals surface area (Å²) in [7, 11) is 0. The minimum absolute atomic E-state index is 0.0675. The molecule has 4 rings (SSSR count). The van der Waals surface area contributed by atoms with Crippen LogP contribution >= 0.6 is 22.7 Å². The molecule has 0 aliphatic carbocycles. The van der Waals surface area contributed by atoms with Gasteiger partial charge in [-0.2, -0.15) is 0 Å². The van der Waals surface area contributed by atoms with Gasteiger partial charge in [-0.1, -0.05) is 18.2 Å². The largest absolute Gasteiger partial charge is 0.450 e. The molecule has 1 aliphatic heterocycles. The summed E-state index contributed by atoms with van der Waals surface area (Å²) in [6.45, 7) is 3.39. The highest BCUT2D eigenvalue weighted by atomic mass is 32.1. The predicted octanol–water partition coefficient (Wildman–Crippen LogP) is 4.08. The molecule has 160 valence electrons. The number of anilines is 1. The molecule has 0 unspecified atom stereocenters. The van der Waals surface area contributed by atoms with Crippen LogP contribution in [0.5, 0.6) is 0 Å². The molecule has 0 bridgehead atoms. The average molecular weight is 456 g/mol. The van der Waals surface area contributed by atoms with Crippen molar-refractivity contribution < 1.29 is 19.1 Å². The van der Waals surface area contributed by atoms with E-state index in [1.807, 2.05) is 18.2 Å². The number of amides is 2. The topological polar surface area (TPSA) is 88.6 Å². The predicted molar refractivity (Wildman–Crippen MR) is 120 cm³/mol. The molecule has 0 spiro atoms. The third-order valence-electron chi connectivity index (χ3n) is 4.89. The first-order valence-corrected chi connectivity index (χ1v) is 11.6. The normalized spacial score (nSPS) is 12.9. The van der Waals surface area contributed by atoms with E-state index in [9.17, 15) is 14.4 Å². The van der Waals surface area contributed by atoms with Crippen LogP contribution in [0.1, 0.15) is 42.5 Å². The van der Waals surface area contributed by atoms with Gasteiger partial charge >= 0.3 is 6.09 Å². The van der Waals surface area contributed by atoms with Crippen molar-refractivity contribution in [3.05, 3.63) is 67.8 Å². The number of carbonyl (C=O) groups is 3. The Morgan fingerprint density at radius 3 is 2.77 bits per heavy atom.